The first-order valence-corrected chi connectivity index (χ1v) is 17.3. The van der Waals surface area contributed by atoms with Crippen molar-refractivity contribution in [2.24, 2.45) is 0 Å². The first-order valence-electron chi connectivity index (χ1n) is 15.1. The standard InChI is InChI=1S/C36H39Cl2N3O4S/c1-5-27(4)39-36(43)33(22-28-12-7-6-8-13-28)40(23-29-14-9-11-26(3)21-29)34(42)24-41(32-16-10-15-31(37)35(32)38)46(44,45)30-19-17-25(2)18-20-30/h6-21,27,33H,5,22-24H2,1-4H3,(H,39,43)/t27-,33-/m1/s1. The van der Waals surface area contributed by atoms with Crippen molar-refractivity contribution in [1.29, 1.82) is 0 Å². The predicted molar refractivity (Wildman–Crippen MR) is 186 cm³/mol. The summed E-state index contributed by atoms with van der Waals surface area (Å²) < 4.78 is 29.4. The van der Waals surface area contributed by atoms with Gasteiger partial charge in [0, 0.05) is 19.0 Å². The van der Waals surface area contributed by atoms with Crippen LogP contribution < -0.4 is 9.62 Å². The van der Waals surface area contributed by atoms with Crippen molar-refractivity contribution in [2.45, 2.75) is 64.1 Å². The second-order valence-corrected chi connectivity index (χ2v) is 14.1. The third-order valence-corrected chi connectivity index (χ3v) is 10.4. The Kier molecular flexibility index (Phi) is 11.9. The Hall–Kier alpha value is -3.85. The fourth-order valence-corrected chi connectivity index (χ4v) is 6.91. The maximum atomic E-state index is 14.6. The Morgan fingerprint density at radius 1 is 0.826 bits per heavy atom. The van der Waals surface area contributed by atoms with E-state index in [2.05, 4.69) is 5.32 Å². The molecule has 0 aliphatic carbocycles. The summed E-state index contributed by atoms with van der Waals surface area (Å²) in [5, 5.41) is 3.18. The fraction of sp³-hybridized carbons (Fsp3) is 0.278. The molecule has 0 unspecified atom stereocenters. The molecule has 4 rings (SSSR count). The SMILES string of the molecule is CC[C@@H](C)NC(=O)[C@@H](Cc1ccccc1)N(Cc1cccc(C)c1)C(=O)CN(c1cccc(Cl)c1Cl)S(=O)(=O)c1ccc(C)cc1. The molecule has 0 aromatic heterocycles. The molecular weight excluding hydrogens is 641 g/mol. The highest BCUT2D eigenvalue weighted by Crippen LogP contribution is 2.35. The molecule has 2 amide bonds. The van der Waals surface area contributed by atoms with E-state index in [1.165, 1.54) is 23.1 Å². The van der Waals surface area contributed by atoms with E-state index in [0.29, 0.717) is 6.42 Å². The van der Waals surface area contributed by atoms with Crippen molar-refractivity contribution in [1.82, 2.24) is 10.2 Å². The van der Waals surface area contributed by atoms with Gasteiger partial charge in [-0.05, 0) is 62.6 Å². The second-order valence-electron chi connectivity index (χ2n) is 11.4. The number of aryl methyl sites for hydroxylation is 2. The molecule has 0 fully saturated rings. The largest absolute Gasteiger partial charge is 0.352 e. The van der Waals surface area contributed by atoms with Crippen LogP contribution in [-0.2, 0) is 32.6 Å². The van der Waals surface area contributed by atoms with Gasteiger partial charge in [-0.1, -0.05) is 114 Å². The summed E-state index contributed by atoms with van der Waals surface area (Å²) in [6.07, 6.45) is 0.925. The molecule has 0 aliphatic heterocycles. The Balaban J connectivity index is 1.84. The van der Waals surface area contributed by atoms with Crippen molar-refractivity contribution >= 4 is 50.7 Å². The smallest absolute Gasteiger partial charge is 0.264 e. The number of halogens is 2. The normalized spacial score (nSPS) is 12.7. The van der Waals surface area contributed by atoms with E-state index < -0.39 is 28.5 Å². The number of rotatable bonds is 13. The zero-order valence-electron chi connectivity index (χ0n) is 26.4. The number of benzene rings is 4. The molecule has 0 radical (unpaired) electrons. The highest BCUT2D eigenvalue weighted by molar-refractivity contribution is 7.92. The number of carbonyl (C=O) groups excluding carboxylic acids is 2. The second kappa shape index (κ2) is 15.6. The molecular formula is C36H39Cl2N3O4S. The number of amides is 2. The average Bonchev–Trinajstić information content (AvgIpc) is 3.03. The molecule has 0 bridgehead atoms. The summed E-state index contributed by atoms with van der Waals surface area (Å²) >= 11 is 12.9. The summed E-state index contributed by atoms with van der Waals surface area (Å²) in [4.78, 5) is 30.0. The Morgan fingerprint density at radius 3 is 2.13 bits per heavy atom. The van der Waals surface area contributed by atoms with E-state index in [1.54, 1.807) is 24.3 Å². The Bertz CT molecular complexity index is 1770. The Morgan fingerprint density at radius 2 is 1.48 bits per heavy atom. The highest BCUT2D eigenvalue weighted by atomic mass is 35.5. The van der Waals surface area contributed by atoms with Gasteiger partial charge in [0.2, 0.25) is 11.8 Å². The fourth-order valence-electron chi connectivity index (χ4n) is 5.04. The monoisotopic (exact) mass is 679 g/mol. The average molecular weight is 681 g/mol. The molecule has 0 saturated heterocycles. The summed E-state index contributed by atoms with van der Waals surface area (Å²) in [6.45, 7) is 7.13. The maximum absolute atomic E-state index is 14.6. The Labute approximate surface area is 282 Å². The summed E-state index contributed by atoms with van der Waals surface area (Å²) in [5.74, 6) is -0.901. The van der Waals surface area contributed by atoms with Crippen molar-refractivity contribution in [3.8, 4) is 0 Å². The van der Waals surface area contributed by atoms with Crippen LogP contribution in [0.4, 0.5) is 5.69 Å². The van der Waals surface area contributed by atoms with E-state index in [9.17, 15) is 18.0 Å². The minimum atomic E-state index is -4.30. The van der Waals surface area contributed by atoms with Gasteiger partial charge in [0.15, 0.2) is 0 Å². The molecule has 242 valence electrons. The third kappa shape index (κ3) is 8.69. The number of hydrogen-bond acceptors (Lipinski definition) is 4. The third-order valence-electron chi connectivity index (χ3n) is 7.80. The van der Waals surface area contributed by atoms with Crippen LogP contribution in [-0.4, -0.2) is 43.8 Å². The number of sulfonamides is 1. The van der Waals surface area contributed by atoms with Crippen LogP contribution in [0.15, 0.2) is 102 Å². The molecule has 2 atom stereocenters. The van der Waals surface area contributed by atoms with Crippen molar-refractivity contribution in [3.63, 3.8) is 0 Å². The minimum Gasteiger partial charge on any atom is -0.352 e. The summed E-state index contributed by atoms with van der Waals surface area (Å²) in [7, 11) is -4.30. The van der Waals surface area contributed by atoms with Crippen LogP contribution >= 0.6 is 23.2 Å². The van der Waals surface area contributed by atoms with Crippen molar-refractivity contribution in [3.05, 3.63) is 129 Å². The van der Waals surface area contributed by atoms with Gasteiger partial charge in [-0.25, -0.2) is 8.42 Å². The molecule has 0 spiro atoms. The molecule has 0 heterocycles. The van der Waals surface area contributed by atoms with Crippen molar-refractivity contribution in [2.75, 3.05) is 10.8 Å². The lowest BCUT2D eigenvalue weighted by Crippen LogP contribution is -2.54. The van der Waals surface area contributed by atoms with Crippen LogP contribution in [0.25, 0.3) is 0 Å². The lowest BCUT2D eigenvalue weighted by molar-refractivity contribution is -0.140. The van der Waals surface area contributed by atoms with Crippen LogP contribution in [0.5, 0.6) is 0 Å². The van der Waals surface area contributed by atoms with Gasteiger partial charge in [-0.3, -0.25) is 13.9 Å². The number of hydrogen-bond donors (Lipinski definition) is 1. The number of anilines is 1. The van der Waals surface area contributed by atoms with Gasteiger partial charge in [-0.2, -0.15) is 0 Å². The van der Waals surface area contributed by atoms with E-state index >= 15 is 0 Å². The first kappa shape index (κ1) is 35.0. The topological polar surface area (TPSA) is 86.8 Å². The lowest BCUT2D eigenvalue weighted by Gasteiger charge is -2.34. The van der Waals surface area contributed by atoms with Crippen LogP contribution in [0.2, 0.25) is 10.0 Å². The van der Waals surface area contributed by atoms with Gasteiger partial charge in [-0.15, -0.1) is 0 Å². The zero-order chi connectivity index (χ0) is 33.4. The zero-order valence-corrected chi connectivity index (χ0v) is 28.7. The van der Waals surface area contributed by atoms with Gasteiger partial charge >= 0.3 is 0 Å². The van der Waals surface area contributed by atoms with Gasteiger partial charge < -0.3 is 10.2 Å². The molecule has 0 aliphatic rings. The van der Waals surface area contributed by atoms with E-state index in [1.807, 2.05) is 82.3 Å². The van der Waals surface area contributed by atoms with Gasteiger partial charge in [0.05, 0.1) is 20.6 Å². The molecule has 46 heavy (non-hydrogen) atoms. The quantitative estimate of drug-likeness (QED) is 0.160. The molecule has 4 aromatic rings. The maximum Gasteiger partial charge on any atom is 0.264 e. The predicted octanol–water partition coefficient (Wildman–Crippen LogP) is 7.36. The van der Waals surface area contributed by atoms with E-state index in [-0.39, 0.29) is 45.5 Å². The lowest BCUT2D eigenvalue weighted by atomic mass is 10.0. The van der Waals surface area contributed by atoms with Gasteiger partial charge in [0.25, 0.3) is 10.0 Å². The summed E-state index contributed by atoms with van der Waals surface area (Å²) in [5.41, 5.74) is 3.58. The summed E-state index contributed by atoms with van der Waals surface area (Å²) in [6, 6.07) is 27.0. The van der Waals surface area contributed by atoms with E-state index in [0.717, 1.165) is 26.6 Å². The highest BCUT2D eigenvalue weighted by Gasteiger charge is 2.35. The number of nitrogens with one attached hydrogen (secondary N) is 1. The van der Waals surface area contributed by atoms with Crippen LogP contribution in [0, 0.1) is 13.8 Å². The van der Waals surface area contributed by atoms with Crippen molar-refractivity contribution < 1.29 is 18.0 Å². The molecule has 0 saturated carbocycles. The number of carbonyl (C=O) groups is 2. The van der Waals surface area contributed by atoms with E-state index in [4.69, 9.17) is 23.2 Å². The molecule has 4 aromatic carbocycles. The van der Waals surface area contributed by atoms with Crippen LogP contribution in [0.3, 0.4) is 0 Å². The number of nitrogens with zero attached hydrogens (tertiary/aromatic N) is 2. The molecule has 10 heteroatoms. The molecule has 7 nitrogen and oxygen atoms in total. The molecule has 1 N–H and O–H groups in total. The minimum absolute atomic E-state index is 0.00626. The van der Waals surface area contributed by atoms with Gasteiger partial charge in [0.1, 0.15) is 12.6 Å². The van der Waals surface area contributed by atoms with Crippen LogP contribution in [0.1, 0.15) is 42.5 Å². The first-order chi connectivity index (χ1) is 21.9.